The molecule has 0 radical (unpaired) electrons. The number of benzene rings is 1. The number of likely N-dealkylation sites (tertiary alicyclic amines) is 1. The Labute approximate surface area is 157 Å². The van der Waals surface area contributed by atoms with Crippen molar-refractivity contribution in [1.29, 1.82) is 0 Å². The summed E-state index contributed by atoms with van der Waals surface area (Å²) in [4.78, 5) is 14.4. The van der Waals surface area contributed by atoms with Crippen molar-refractivity contribution in [1.82, 2.24) is 29.7 Å². The topological polar surface area (TPSA) is 78.1 Å². The summed E-state index contributed by atoms with van der Waals surface area (Å²) in [6, 6.07) is 7.95. The second-order valence-corrected chi connectivity index (χ2v) is 6.71. The Bertz CT molecular complexity index is 953. The van der Waals surface area contributed by atoms with Crippen molar-refractivity contribution in [2.75, 3.05) is 19.7 Å². The molecule has 3 aromatic rings. The molecular formula is C19H22N6O2. The summed E-state index contributed by atoms with van der Waals surface area (Å²) in [5.41, 5.74) is 3.21. The van der Waals surface area contributed by atoms with Crippen LogP contribution in [0, 0.1) is 6.92 Å². The number of aryl methyl sites for hydroxylation is 2. The van der Waals surface area contributed by atoms with Gasteiger partial charge in [0, 0.05) is 31.9 Å². The van der Waals surface area contributed by atoms with Gasteiger partial charge in [-0.2, -0.15) is 5.10 Å². The van der Waals surface area contributed by atoms with Gasteiger partial charge in [-0.1, -0.05) is 5.21 Å². The molecule has 1 amide bonds. The summed E-state index contributed by atoms with van der Waals surface area (Å²) in [6.07, 6.45) is 3.70. The fourth-order valence-electron chi connectivity index (χ4n) is 3.24. The number of nitrogens with zero attached hydrogens (tertiary/aromatic N) is 6. The summed E-state index contributed by atoms with van der Waals surface area (Å²) < 4.78 is 8.97. The van der Waals surface area contributed by atoms with Crippen LogP contribution in [0.1, 0.15) is 29.0 Å². The van der Waals surface area contributed by atoms with Gasteiger partial charge in [-0.05, 0) is 38.1 Å². The SMILES string of the molecule is CCOc1ccc(-c2cn(C3CN(C(=O)c4cn(C)nc4C)C3)nn2)cc1. The Morgan fingerprint density at radius 3 is 2.59 bits per heavy atom. The fraction of sp³-hybridized carbons (Fsp3) is 0.368. The van der Waals surface area contributed by atoms with Crippen LogP contribution in [0.2, 0.25) is 0 Å². The third kappa shape index (κ3) is 3.30. The maximum absolute atomic E-state index is 12.6. The molecule has 0 bridgehead atoms. The average molecular weight is 366 g/mol. The molecule has 27 heavy (non-hydrogen) atoms. The number of carbonyl (C=O) groups is 1. The van der Waals surface area contributed by atoms with Crippen molar-refractivity contribution in [2.45, 2.75) is 19.9 Å². The first kappa shape index (κ1) is 17.3. The van der Waals surface area contributed by atoms with E-state index in [4.69, 9.17) is 4.74 Å². The van der Waals surface area contributed by atoms with Gasteiger partial charge in [0.2, 0.25) is 0 Å². The zero-order valence-electron chi connectivity index (χ0n) is 15.7. The van der Waals surface area contributed by atoms with Crippen LogP contribution in [-0.4, -0.2) is 55.3 Å². The lowest BCUT2D eigenvalue weighted by Crippen LogP contribution is -2.51. The molecule has 8 nitrogen and oxygen atoms in total. The van der Waals surface area contributed by atoms with E-state index in [2.05, 4.69) is 15.4 Å². The third-order valence-electron chi connectivity index (χ3n) is 4.74. The van der Waals surface area contributed by atoms with E-state index in [1.807, 2.05) is 60.9 Å². The van der Waals surface area contributed by atoms with E-state index in [0.717, 1.165) is 22.7 Å². The first-order chi connectivity index (χ1) is 13.0. The molecule has 4 rings (SSSR count). The normalized spacial score (nSPS) is 14.3. The zero-order valence-corrected chi connectivity index (χ0v) is 15.7. The maximum atomic E-state index is 12.6. The molecule has 0 atom stereocenters. The fourth-order valence-corrected chi connectivity index (χ4v) is 3.24. The molecule has 0 aliphatic carbocycles. The zero-order chi connectivity index (χ0) is 19.0. The highest BCUT2D eigenvalue weighted by Gasteiger charge is 2.34. The van der Waals surface area contributed by atoms with Crippen molar-refractivity contribution in [3.8, 4) is 17.0 Å². The minimum Gasteiger partial charge on any atom is -0.494 e. The summed E-state index contributed by atoms with van der Waals surface area (Å²) in [5.74, 6) is 0.858. The maximum Gasteiger partial charge on any atom is 0.257 e. The van der Waals surface area contributed by atoms with Gasteiger partial charge in [-0.25, -0.2) is 4.68 Å². The Kier molecular flexibility index (Phi) is 4.39. The van der Waals surface area contributed by atoms with E-state index in [9.17, 15) is 4.79 Å². The molecule has 1 aliphatic heterocycles. The molecule has 3 heterocycles. The number of hydrogen-bond acceptors (Lipinski definition) is 5. The Morgan fingerprint density at radius 2 is 1.96 bits per heavy atom. The molecule has 0 spiro atoms. The van der Waals surface area contributed by atoms with Crippen molar-refractivity contribution >= 4 is 5.91 Å². The molecule has 1 saturated heterocycles. The van der Waals surface area contributed by atoms with Gasteiger partial charge in [0.05, 0.1) is 30.1 Å². The van der Waals surface area contributed by atoms with Crippen LogP contribution in [0.25, 0.3) is 11.3 Å². The molecule has 1 aliphatic rings. The lowest BCUT2D eigenvalue weighted by molar-refractivity contribution is 0.0497. The number of hydrogen-bond donors (Lipinski definition) is 0. The van der Waals surface area contributed by atoms with Gasteiger partial charge >= 0.3 is 0 Å². The van der Waals surface area contributed by atoms with Crippen molar-refractivity contribution in [3.05, 3.63) is 47.9 Å². The first-order valence-corrected chi connectivity index (χ1v) is 8.99. The molecule has 1 fully saturated rings. The lowest BCUT2D eigenvalue weighted by atomic mass is 10.1. The predicted octanol–water partition coefficient (Wildman–Crippen LogP) is 2.08. The average Bonchev–Trinajstić information content (AvgIpc) is 3.21. The number of ether oxygens (including phenoxy) is 1. The van der Waals surface area contributed by atoms with Gasteiger partial charge in [0.15, 0.2) is 0 Å². The van der Waals surface area contributed by atoms with Gasteiger partial charge in [-0.15, -0.1) is 5.10 Å². The second kappa shape index (κ2) is 6.86. The smallest absolute Gasteiger partial charge is 0.257 e. The van der Waals surface area contributed by atoms with Crippen LogP contribution in [0.5, 0.6) is 5.75 Å². The summed E-state index contributed by atoms with van der Waals surface area (Å²) >= 11 is 0. The van der Waals surface area contributed by atoms with Crippen molar-refractivity contribution in [3.63, 3.8) is 0 Å². The van der Waals surface area contributed by atoms with Crippen LogP contribution < -0.4 is 4.74 Å². The van der Waals surface area contributed by atoms with E-state index in [1.54, 1.807) is 10.9 Å². The highest BCUT2D eigenvalue weighted by atomic mass is 16.5. The Balaban J connectivity index is 1.40. The van der Waals surface area contributed by atoms with Crippen LogP contribution in [0.3, 0.4) is 0 Å². The highest BCUT2D eigenvalue weighted by Crippen LogP contribution is 2.26. The number of carbonyl (C=O) groups excluding carboxylic acids is 1. The number of rotatable bonds is 5. The minimum atomic E-state index is 0.0173. The summed E-state index contributed by atoms with van der Waals surface area (Å²) in [7, 11) is 1.82. The standard InChI is InChI=1S/C19H22N6O2/c1-4-27-16-7-5-14(6-8-16)18-12-25(22-20-18)15-9-24(10-15)19(26)17-11-23(3)21-13(17)2/h5-8,11-12,15H,4,9-10H2,1-3H3. The summed E-state index contributed by atoms with van der Waals surface area (Å²) in [5, 5.41) is 12.7. The van der Waals surface area contributed by atoms with E-state index in [0.29, 0.717) is 25.3 Å². The number of amides is 1. The minimum absolute atomic E-state index is 0.0173. The molecular weight excluding hydrogens is 344 g/mol. The quantitative estimate of drug-likeness (QED) is 0.691. The Morgan fingerprint density at radius 1 is 1.22 bits per heavy atom. The van der Waals surface area contributed by atoms with E-state index in [1.165, 1.54) is 0 Å². The molecule has 0 unspecified atom stereocenters. The molecule has 1 aromatic carbocycles. The third-order valence-corrected chi connectivity index (χ3v) is 4.74. The van der Waals surface area contributed by atoms with Crippen LogP contribution in [-0.2, 0) is 7.05 Å². The monoisotopic (exact) mass is 366 g/mol. The van der Waals surface area contributed by atoms with Gasteiger partial charge in [-0.3, -0.25) is 9.48 Å². The highest BCUT2D eigenvalue weighted by molar-refractivity contribution is 5.95. The van der Waals surface area contributed by atoms with Crippen molar-refractivity contribution in [2.24, 2.45) is 7.05 Å². The van der Waals surface area contributed by atoms with Crippen LogP contribution in [0.4, 0.5) is 0 Å². The van der Waals surface area contributed by atoms with Crippen LogP contribution >= 0.6 is 0 Å². The van der Waals surface area contributed by atoms with Crippen LogP contribution in [0.15, 0.2) is 36.7 Å². The van der Waals surface area contributed by atoms with Gasteiger partial charge < -0.3 is 9.64 Å². The molecule has 8 heteroatoms. The molecule has 2 aromatic heterocycles. The largest absolute Gasteiger partial charge is 0.494 e. The molecule has 140 valence electrons. The number of aromatic nitrogens is 5. The van der Waals surface area contributed by atoms with E-state index >= 15 is 0 Å². The van der Waals surface area contributed by atoms with Crippen molar-refractivity contribution < 1.29 is 9.53 Å². The lowest BCUT2D eigenvalue weighted by Gasteiger charge is -2.38. The molecule has 0 saturated carbocycles. The molecule has 0 N–H and O–H groups in total. The van der Waals surface area contributed by atoms with E-state index < -0.39 is 0 Å². The van der Waals surface area contributed by atoms with E-state index in [-0.39, 0.29) is 11.9 Å². The Hall–Kier alpha value is -3.16. The summed E-state index contributed by atoms with van der Waals surface area (Å²) in [6.45, 7) is 5.70. The first-order valence-electron chi connectivity index (χ1n) is 8.99. The predicted molar refractivity (Wildman–Crippen MR) is 99.5 cm³/mol. The van der Waals surface area contributed by atoms with Gasteiger partial charge in [0.25, 0.3) is 5.91 Å². The van der Waals surface area contributed by atoms with Gasteiger partial charge in [0.1, 0.15) is 11.4 Å². The second-order valence-electron chi connectivity index (χ2n) is 6.71.